The van der Waals surface area contributed by atoms with E-state index in [1.165, 1.54) is 31.7 Å². The molecule has 0 spiro atoms. The Balaban J connectivity index is 1.69. The molecule has 31 heavy (non-hydrogen) atoms. The van der Waals surface area contributed by atoms with Crippen molar-refractivity contribution in [1.82, 2.24) is 14.7 Å². The highest BCUT2D eigenvalue weighted by Gasteiger charge is 2.29. The van der Waals surface area contributed by atoms with Gasteiger partial charge in [0.1, 0.15) is 17.2 Å². The Hall–Kier alpha value is -3.40. The summed E-state index contributed by atoms with van der Waals surface area (Å²) in [6, 6.07) is 10.9. The molecule has 160 valence electrons. The molecule has 0 radical (unpaired) electrons. The number of carbonyl (C=O) groups excluding carboxylic acids is 2. The normalized spacial score (nSPS) is 11.8. The Labute approximate surface area is 182 Å². The van der Waals surface area contributed by atoms with E-state index in [9.17, 15) is 19.7 Å². The summed E-state index contributed by atoms with van der Waals surface area (Å²) in [5.41, 5.74) is 2.47. The Bertz CT molecular complexity index is 1210. The van der Waals surface area contributed by atoms with Crippen molar-refractivity contribution >= 4 is 40.2 Å². The van der Waals surface area contributed by atoms with E-state index in [0.29, 0.717) is 23.7 Å². The highest BCUT2D eigenvalue weighted by Crippen LogP contribution is 2.50. The lowest BCUT2D eigenvalue weighted by molar-refractivity contribution is -0.387. The molecule has 2 heterocycles. The Morgan fingerprint density at radius 3 is 2.68 bits per heavy atom. The molecule has 0 saturated heterocycles. The number of nitrogens with zero attached hydrogens (tertiary/aromatic N) is 4. The molecule has 2 aromatic carbocycles. The van der Waals surface area contributed by atoms with E-state index in [-0.39, 0.29) is 29.7 Å². The van der Waals surface area contributed by atoms with E-state index in [2.05, 4.69) is 0 Å². The van der Waals surface area contributed by atoms with Crippen LogP contribution in [0.3, 0.4) is 0 Å². The van der Waals surface area contributed by atoms with Crippen LogP contribution in [0.4, 0.5) is 5.69 Å². The second kappa shape index (κ2) is 8.38. The van der Waals surface area contributed by atoms with Gasteiger partial charge in [0, 0.05) is 42.3 Å². The minimum absolute atomic E-state index is 0.0551. The number of ether oxygens (including phenoxy) is 1. The molecule has 3 aromatic rings. The first kappa shape index (κ1) is 20.9. The largest absolute Gasteiger partial charge is 0.464 e. The molecule has 1 aliphatic rings. The standard InChI is InChI=1S/C21H20N4O5S/c1-13(26)23(11-12-30-14(2)27)9-10-24-16-7-8-17(25(28)29)21-19(16)20(22-24)15-5-3-4-6-18(15)31-21/h3-8H,9-12H2,1-2H3. The number of rotatable bonds is 7. The zero-order chi connectivity index (χ0) is 22.1. The molecule has 4 rings (SSSR count). The van der Waals surface area contributed by atoms with Crippen LogP contribution in [-0.2, 0) is 20.9 Å². The maximum Gasteiger partial charge on any atom is 0.302 e. The molecule has 1 aromatic heterocycles. The van der Waals surface area contributed by atoms with Crippen LogP contribution < -0.4 is 0 Å². The van der Waals surface area contributed by atoms with Crippen LogP contribution in [0.15, 0.2) is 46.2 Å². The number of nitro benzene ring substituents is 1. The molecule has 0 atom stereocenters. The zero-order valence-electron chi connectivity index (χ0n) is 17.0. The van der Waals surface area contributed by atoms with Gasteiger partial charge in [0.05, 0.1) is 23.5 Å². The molecule has 1 aliphatic heterocycles. The van der Waals surface area contributed by atoms with Crippen molar-refractivity contribution in [3.05, 3.63) is 46.5 Å². The summed E-state index contributed by atoms with van der Waals surface area (Å²) in [6.07, 6.45) is 0. The first-order valence-electron chi connectivity index (χ1n) is 9.71. The molecule has 0 saturated carbocycles. The molecule has 9 nitrogen and oxygen atoms in total. The predicted octanol–water partition coefficient (Wildman–Crippen LogP) is 3.49. The number of benzene rings is 2. The van der Waals surface area contributed by atoms with Crippen molar-refractivity contribution in [3.8, 4) is 11.3 Å². The number of esters is 1. The highest BCUT2D eigenvalue weighted by molar-refractivity contribution is 8.00. The maximum atomic E-state index is 12.0. The molecule has 0 fully saturated rings. The molecular formula is C21H20N4O5S. The van der Waals surface area contributed by atoms with Gasteiger partial charge in [0.15, 0.2) is 0 Å². The smallest absolute Gasteiger partial charge is 0.302 e. The minimum Gasteiger partial charge on any atom is -0.464 e. The summed E-state index contributed by atoms with van der Waals surface area (Å²) in [7, 11) is 0. The second-order valence-electron chi connectivity index (χ2n) is 7.08. The summed E-state index contributed by atoms with van der Waals surface area (Å²) in [6.45, 7) is 3.97. The molecule has 0 N–H and O–H groups in total. The van der Waals surface area contributed by atoms with Crippen molar-refractivity contribution in [2.24, 2.45) is 0 Å². The van der Waals surface area contributed by atoms with Crippen LogP contribution >= 0.6 is 11.8 Å². The lowest BCUT2D eigenvalue weighted by Gasteiger charge is -2.20. The van der Waals surface area contributed by atoms with Crippen LogP contribution in [0.25, 0.3) is 22.2 Å². The van der Waals surface area contributed by atoms with Crippen LogP contribution in [0.5, 0.6) is 0 Å². The summed E-state index contributed by atoms with van der Waals surface area (Å²) < 4.78 is 6.72. The van der Waals surface area contributed by atoms with Gasteiger partial charge in [-0.15, -0.1) is 0 Å². The van der Waals surface area contributed by atoms with Gasteiger partial charge in [0.25, 0.3) is 5.69 Å². The quantitative estimate of drug-likeness (QED) is 0.246. The van der Waals surface area contributed by atoms with Crippen LogP contribution in [-0.4, -0.2) is 51.2 Å². The van der Waals surface area contributed by atoms with Gasteiger partial charge in [-0.1, -0.05) is 30.0 Å². The zero-order valence-corrected chi connectivity index (χ0v) is 17.8. The summed E-state index contributed by atoms with van der Waals surface area (Å²) in [4.78, 5) is 37.3. The van der Waals surface area contributed by atoms with E-state index in [1.807, 2.05) is 24.3 Å². The first-order chi connectivity index (χ1) is 14.9. The van der Waals surface area contributed by atoms with Gasteiger partial charge in [-0.05, 0) is 12.1 Å². The number of fused-ring (bicyclic) bond motifs is 2. The molecule has 10 heteroatoms. The number of carbonyl (C=O) groups is 2. The molecule has 0 bridgehead atoms. The fourth-order valence-corrected chi connectivity index (χ4v) is 4.83. The number of amides is 1. The minimum atomic E-state index is -0.394. The molecule has 0 aliphatic carbocycles. The summed E-state index contributed by atoms with van der Waals surface area (Å²) in [5, 5.41) is 17.1. The Kier molecular flexibility index (Phi) is 5.64. The average Bonchev–Trinajstić information content (AvgIpc) is 3.10. The van der Waals surface area contributed by atoms with E-state index in [4.69, 9.17) is 9.84 Å². The molecular weight excluding hydrogens is 420 g/mol. The van der Waals surface area contributed by atoms with Crippen molar-refractivity contribution in [3.63, 3.8) is 0 Å². The SMILES string of the molecule is CC(=O)OCCN(CCn1nc2c3c(c([N+](=O)[O-])ccc31)Sc1ccccc1-2)C(C)=O. The lowest BCUT2D eigenvalue weighted by Crippen LogP contribution is -2.35. The van der Waals surface area contributed by atoms with Crippen molar-refractivity contribution < 1.29 is 19.2 Å². The fraction of sp³-hybridized carbons (Fsp3) is 0.286. The van der Waals surface area contributed by atoms with Gasteiger partial charge in [-0.25, -0.2) is 0 Å². The van der Waals surface area contributed by atoms with Crippen molar-refractivity contribution in [1.29, 1.82) is 0 Å². The molecule has 1 amide bonds. The van der Waals surface area contributed by atoms with Crippen LogP contribution in [0, 0.1) is 10.1 Å². The number of hydrogen-bond donors (Lipinski definition) is 0. The maximum absolute atomic E-state index is 12.0. The summed E-state index contributed by atoms with van der Waals surface area (Å²) >= 11 is 1.38. The third-order valence-electron chi connectivity index (χ3n) is 5.09. The summed E-state index contributed by atoms with van der Waals surface area (Å²) in [5.74, 6) is -0.528. The van der Waals surface area contributed by atoms with Gasteiger partial charge < -0.3 is 9.64 Å². The highest BCUT2D eigenvalue weighted by atomic mass is 32.2. The molecule has 0 unspecified atom stereocenters. The van der Waals surface area contributed by atoms with E-state index in [0.717, 1.165) is 21.4 Å². The number of nitro groups is 1. The third kappa shape index (κ3) is 3.98. The van der Waals surface area contributed by atoms with Crippen molar-refractivity contribution in [2.45, 2.75) is 30.2 Å². The van der Waals surface area contributed by atoms with E-state index in [1.54, 1.807) is 15.6 Å². The lowest BCUT2D eigenvalue weighted by atomic mass is 10.1. The average molecular weight is 440 g/mol. The van der Waals surface area contributed by atoms with Crippen molar-refractivity contribution in [2.75, 3.05) is 19.7 Å². The second-order valence-corrected chi connectivity index (χ2v) is 8.13. The Morgan fingerprint density at radius 2 is 1.97 bits per heavy atom. The fourth-order valence-electron chi connectivity index (χ4n) is 3.64. The predicted molar refractivity (Wildman–Crippen MR) is 115 cm³/mol. The topological polar surface area (TPSA) is 108 Å². The van der Waals surface area contributed by atoms with E-state index >= 15 is 0 Å². The van der Waals surface area contributed by atoms with Crippen LogP contribution in [0.2, 0.25) is 0 Å². The van der Waals surface area contributed by atoms with Gasteiger partial charge in [-0.3, -0.25) is 24.4 Å². The van der Waals surface area contributed by atoms with Crippen LogP contribution in [0.1, 0.15) is 13.8 Å². The number of hydrogen-bond acceptors (Lipinski definition) is 7. The number of aromatic nitrogens is 2. The Morgan fingerprint density at radius 1 is 1.19 bits per heavy atom. The van der Waals surface area contributed by atoms with Gasteiger partial charge in [0.2, 0.25) is 5.91 Å². The first-order valence-corrected chi connectivity index (χ1v) is 10.5. The monoisotopic (exact) mass is 440 g/mol. The van der Waals surface area contributed by atoms with Gasteiger partial charge in [-0.2, -0.15) is 5.10 Å². The van der Waals surface area contributed by atoms with Gasteiger partial charge >= 0.3 is 5.97 Å². The third-order valence-corrected chi connectivity index (χ3v) is 6.29. The van der Waals surface area contributed by atoms with E-state index < -0.39 is 5.97 Å².